The first kappa shape index (κ1) is 11.8. The first-order valence-corrected chi connectivity index (χ1v) is 5.76. The van der Waals surface area contributed by atoms with Crippen molar-refractivity contribution in [2.24, 2.45) is 5.73 Å². The van der Waals surface area contributed by atoms with Crippen LogP contribution in [0.25, 0.3) is 0 Å². The monoisotopic (exact) mass is 235 g/mol. The lowest BCUT2D eigenvalue weighted by Gasteiger charge is -2.23. The van der Waals surface area contributed by atoms with Gasteiger partial charge in [0.15, 0.2) is 0 Å². The highest BCUT2D eigenvalue weighted by Gasteiger charge is 2.31. The highest BCUT2D eigenvalue weighted by atomic mass is 16.2. The van der Waals surface area contributed by atoms with E-state index in [1.807, 2.05) is 4.90 Å². The molecule has 0 bridgehead atoms. The second-order valence-corrected chi connectivity index (χ2v) is 4.02. The highest BCUT2D eigenvalue weighted by molar-refractivity contribution is 5.84. The fourth-order valence-corrected chi connectivity index (χ4v) is 2.08. The molecule has 1 amide bonds. The number of likely N-dealkylation sites (N-methyl/N-ethyl adjacent to an activating group) is 1. The van der Waals surface area contributed by atoms with E-state index in [0.29, 0.717) is 12.5 Å². The van der Waals surface area contributed by atoms with Crippen LogP contribution < -0.4 is 16.0 Å². The van der Waals surface area contributed by atoms with Crippen molar-refractivity contribution in [3.63, 3.8) is 0 Å². The molecule has 1 aromatic heterocycles. The normalized spacial score (nSPS) is 19.4. The number of nitrogens with zero attached hydrogens (tertiary/aromatic N) is 3. The van der Waals surface area contributed by atoms with Gasteiger partial charge in [-0.2, -0.15) is 0 Å². The summed E-state index contributed by atoms with van der Waals surface area (Å²) in [5.74, 6) is 0.614. The summed E-state index contributed by atoms with van der Waals surface area (Å²) in [7, 11) is 1.65. The molecule has 0 radical (unpaired) electrons. The molecule has 1 atom stereocenters. The topological polar surface area (TPSA) is 84.1 Å². The smallest absolute Gasteiger partial charge is 0.242 e. The minimum Gasteiger partial charge on any atom is -0.357 e. The summed E-state index contributed by atoms with van der Waals surface area (Å²) >= 11 is 0. The van der Waals surface area contributed by atoms with Crippen LogP contribution in [0.1, 0.15) is 18.5 Å². The van der Waals surface area contributed by atoms with E-state index in [1.165, 1.54) is 0 Å². The third-order valence-corrected chi connectivity index (χ3v) is 2.97. The van der Waals surface area contributed by atoms with Gasteiger partial charge in [0.25, 0.3) is 0 Å². The van der Waals surface area contributed by atoms with Crippen molar-refractivity contribution >= 4 is 11.9 Å². The Morgan fingerprint density at radius 1 is 1.71 bits per heavy atom. The Bertz CT molecular complexity index is 409. The van der Waals surface area contributed by atoms with Gasteiger partial charge in [-0.05, 0) is 18.9 Å². The Labute approximate surface area is 100 Å². The summed E-state index contributed by atoms with van der Waals surface area (Å²) in [6.45, 7) is 1.19. The second kappa shape index (κ2) is 5.09. The van der Waals surface area contributed by atoms with Gasteiger partial charge in [-0.25, -0.2) is 9.97 Å². The lowest BCUT2D eigenvalue weighted by molar-refractivity contribution is -0.121. The second-order valence-electron chi connectivity index (χ2n) is 4.02. The van der Waals surface area contributed by atoms with Crippen LogP contribution in [0.3, 0.4) is 0 Å². The van der Waals surface area contributed by atoms with Gasteiger partial charge in [0, 0.05) is 26.3 Å². The molecule has 1 aliphatic heterocycles. The fraction of sp³-hybridized carbons (Fsp3) is 0.545. The molecular formula is C11H17N5O. The molecule has 1 aliphatic rings. The largest absolute Gasteiger partial charge is 0.357 e. The van der Waals surface area contributed by atoms with Gasteiger partial charge in [0.05, 0.1) is 5.69 Å². The lowest BCUT2D eigenvalue weighted by Crippen LogP contribution is -2.42. The van der Waals surface area contributed by atoms with Gasteiger partial charge in [-0.3, -0.25) is 4.79 Å². The fourth-order valence-electron chi connectivity index (χ4n) is 2.08. The number of carbonyl (C=O) groups is 1. The predicted molar refractivity (Wildman–Crippen MR) is 64.4 cm³/mol. The number of nitrogens with two attached hydrogens (primary N) is 1. The van der Waals surface area contributed by atoms with Crippen LogP contribution in [-0.4, -0.2) is 35.5 Å². The Morgan fingerprint density at radius 3 is 3.24 bits per heavy atom. The van der Waals surface area contributed by atoms with Crippen LogP contribution >= 0.6 is 0 Å². The van der Waals surface area contributed by atoms with E-state index in [9.17, 15) is 4.79 Å². The zero-order chi connectivity index (χ0) is 12.3. The van der Waals surface area contributed by atoms with Crippen molar-refractivity contribution < 1.29 is 4.79 Å². The molecule has 1 unspecified atom stereocenters. The molecule has 6 nitrogen and oxygen atoms in total. The van der Waals surface area contributed by atoms with Crippen molar-refractivity contribution in [1.29, 1.82) is 0 Å². The maximum atomic E-state index is 11.7. The molecule has 0 spiro atoms. The molecule has 1 fully saturated rings. The lowest BCUT2D eigenvalue weighted by atomic mass is 10.2. The highest BCUT2D eigenvalue weighted by Crippen LogP contribution is 2.22. The van der Waals surface area contributed by atoms with E-state index < -0.39 is 0 Å². The van der Waals surface area contributed by atoms with E-state index in [4.69, 9.17) is 5.73 Å². The van der Waals surface area contributed by atoms with Gasteiger partial charge >= 0.3 is 0 Å². The summed E-state index contributed by atoms with van der Waals surface area (Å²) in [6, 6.07) is 1.63. The number of anilines is 1. The predicted octanol–water partition coefficient (Wildman–Crippen LogP) is -0.350. The molecule has 6 heteroatoms. The molecule has 1 saturated heterocycles. The summed E-state index contributed by atoms with van der Waals surface area (Å²) in [5, 5.41) is 2.67. The Balaban J connectivity index is 2.22. The summed E-state index contributed by atoms with van der Waals surface area (Å²) in [5.41, 5.74) is 6.34. The number of nitrogens with one attached hydrogen (secondary N) is 1. The summed E-state index contributed by atoms with van der Waals surface area (Å²) < 4.78 is 0. The van der Waals surface area contributed by atoms with Crippen molar-refractivity contribution in [1.82, 2.24) is 15.3 Å². The minimum absolute atomic E-state index is 0.0178. The number of aromatic nitrogens is 2. The van der Waals surface area contributed by atoms with Crippen molar-refractivity contribution in [2.75, 3.05) is 18.5 Å². The van der Waals surface area contributed by atoms with Gasteiger partial charge in [-0.15, -0.1) is 0 Å². The zero-order valence-electron chi connectivity index (χ0n) is 9.89. The Morgan fingerprint density at radius 2 is 2.53 bits per heavy atom. The standard InChI is InChI=1S/C11H17N5O/c1-13-10(17)9-3-2-6-16(9)11-14-5-4-8(7-12)15-11/h4-5,9H,2-3,6-7,12H2,1H3,(H,13,17). The average molecular weight is 235 g/mol. The zero-order valence-corrected chi connectivity index (χ0v) is 9.89. The van der Waals surface area contributed by atoms with Crippen molar-refractivity contribution in [3.05, 3.63) is 18.0 Å². The first-order valence-electron chi connectivity index (χ1n) is 5.76. The summed E-state index contributed by atoms with van der Waals surface area (Å²) in [6.07, 6.45) is 3.51. The molecule has 0 aromatic carbocycles. The molecule has 2 heterocycles. The molecule has 92 valence electrons. The molecule has 2 rings (SSSR count). The number of amides is 1. The molecule has 3 N–H and O–H groups in total. The van der Waals surface area contributed by atoms with Crippen molar-refractivity contribution in [2.45, 2.75) is 25.4 Å². The molecule has 17 heavy (non-hydrogen) atoms. The van der Waals surface area contributed by atoms with Crippen LogP contribution in [0.2, 0.25) is 0 Å². The van der Waals surface area contributed by atoms with E-state index in [2.05, 4.69) is 15.3 Å². The molecule has 0 aliphatic carbocycles. The van der Waals surface area contributed by atoms with Crippen LogP contribution in [-0.2, 0) is 11.3 Å². The van der Waals surface area contributed by atoms with E-state index in [-0.39, 0.29) is 11.9 Å². The third-order valence-electron chi connectivity index (χ3n) is 2.97. The number of hydrogen-bond acceptors (Lipinski definition) is 5. The summed E-state index contributed by atoms with van der Waals surface area (Å²) in [4.78, 5) is 22.2. The number of carbonyl (C=O) groups excluding carboxylic acids is 1. The molecular weight excluding hydrogens is 218 g/mol. The van der Waals surface area contributed by atoms with Gasteiger partial charge < -0.3 is 16.0 Å². The minimum atomic E-state index is -0.159. The van der Waals surface area contributed by atoms with E-state index in [1.54, 1.807) is 19.3 Å². The van der Waals surface area contributed by atoms with Crippen molar-refractivity contribution in [3.8, 4) is 0 Å². The van der Waals surface area contributed by atoms with Crippen LogP contribution in [0.4, 0.5) is 5.95 Å². The van der Waals surface area contributed by atoms with Gasteiger partial charge in [0.1, 0.15) is 6.04 Å². The van der Waals surface area contributed by atoms with Crippen LogP contribution in [0, 0.1) is 0 Å². The first-order chi connectivity index (χ1) is 8.26. The quantitative estimate of drug-likeness (QED) is 0.748. The molecule has 0 saturated carbocycles. The average Bonchev–Trinajstić information content (AvgIpc) is 2.87. The molecule has 1 aromatic rings. The maximum Gasteiger partial charge on any atom is 0.242 e. The maximum absolute atomic E-state index is 11.7. The Kier molecular flexibility index (Phi) is 3.53. The van der Waals surface area contributed by atoms with Gasteiger partial charge in [0.2, 0.25) is 11.9 Å². The Hall–Kier alpha value is -1.69. The third kappa shape index (κ3) is 2.36. The van der Waals surface area contributed by atoms with E-state index in [0.717, 1.165) is 25.1 Å². The number of hydrogen-bond donors (Lipinski definition) is 2. The number of rotatable bonds is 3. The van der Waals surface area contributed by atoms with Crippen LogP contribution in [0.15, 0.2) is 12.3 Å². The van der Waals surface area contributed by atoms with E-state index >= 15 is 0 Å². The SMILES string of the molecule is CNC(=O)C1CCCN1c1nccc(CN)n1. The van der Waals surface area contributed by atoms with Gasteiger partial charge in [-0.1, -0.05) is 0 Å². The van der Waals surface area contributed by atoms with Crippen LogP contribution in [0.5, 0.6) is 0 Å².